The number of hydrogen-bond acceptors (Lipinski definition) is 5. The molecule has 3 aromatic carbocycles. The van der Waals surface area contributed by atoms with Crippen molar-refractivity contribution in [2.24, 2.45) is 0 Å². The van der Waals surface area contributed by atoms with Crippen LogP contribution in [-0.4, -0.2) is 27.1 Å². The Bertz CT molecular complexity index is 1340. The van der Waals surface area contributed by atoms with Crippen molar-refractivity contribution in [3.63, 3.8) is 0 Å². The van der Waals surface area contributed by atoms with Gasteiger partial charge < -0.3 is 9.84 Å². The minimum absolute atomic E-state index is 0.139. The molecule has 0 unspecified atom stereocenters. The third-order valence-electron chi connectivity index (χ3n) is 5.74. The molecule has 0 fully saturated rings. The lowest BCUT2D eigenvalue weighted by atomic mass is 9.84. The lowest BCUT2D eigenvalue weighted by Crippen LogP contribution is -2.47. The maximum atomic E-state index is 13.4. The van der Waals surface area contributed by atoms with Crippen LogP contribution in [0.1, 0.15) is 27.9 Å². The standard InChI is InChI=1S/C28H23F3N2O3S/c1-19-16-17-32-26(33-19)36-24(25(34)35)27(21-10-6-3-7-11-21,37-18-20-8-4-2-5-9-20)22-12-14-23(15-13-22)28(29,30)31/h2-17,24H,18H2,1H3,(H,34,35)/t24-,27+/m1/s1. The molecule has 190 valence electrons. The SMILES string of the molecule is Cc1ccnc(O[C@H](C(=O)O)[C@](SCc2ccccc2)(c2ccccc2)c2ccc(C(F)(F)F)cc2)n1. The Kier molecular flexibility index (Phi) is 7.83. The molecule has 4 rings (SSSR count). The molecule has 0 aliphatic heterocycles. The van der Waals surface area contributed by atoms with Crippen LogP contribution in [0.2, 0.25) is 0 Å². The van der Waals surface area contributed by atoms with Gasteiger partial charge in [-0.05, 0) is 41.8 Å². The van der Waals surface area contributed by atoms with Crippen LogP contribution in [0.5, 0.6) is 6.01 Å². The summed E-state index contributed by atoms with van der Waals surface area (Å²) in [5, 5.41) is 10.5. The highest BCUT2D eigenvalue weighted by Gasteiger charge is 2.49. The van der Waals surface area contributed by atoms with Crippen molar-refractivity contribution >= 4 is 17.7 Å². The van der Waals surface area contributed by atoms with Crippen molar-refractivity contribution in [3.8, 4) is 6.01 Å². The van der Waals surface area contributed by atoms with Crippen LogP contribution in [-0.2, 0) is 21.5 Å². The summed E-state index contributed by atoms with van der Waals surface area (Å²) >= 11 is 1.26. The molecule has 37 heavy (non-hydrogen) atoms. The van der Waals surface area contributed by atoms with Crippen molar-refractivity contribution in [2.45, 2.75) is 29.7 Å². The van der Waals surface area contributed by atoms with E-state index in [1.54, 1.807) is 43.3 Å². The number of halogens is 3. The Morgan fingerprint density at radius 3 is 2.03 bits per heavy atom. The van der Waals surface area contributed by atoms with E-state index in [4.69, 9.17) is 4.74 Å². The second-order valence-corrected chi connectivity index (χ2v) is 9.49. The van der Waals surface area contributed by atoms with Gasteiger partial charge in [-0.3, -0.25) is 0 Å². The maximum absolute atomic E-state index is 13.4. The molecule has 1 aromatic heterocycles. The van der Waals surface area contributed by atoms with Gasteiger partial charge in [0, 0.05) is 17.6 Å². The van der Waals surface area contributed by atoms with Crippen LogP contribution in [0.4, 0.5) is 13.2 Å². The Hall–Kier alpha value is -3.85. The zero-order chi connectivity index (χ0) is 26.5. The predicted molar refractivity (Wildman–Crippen MR) is 135 cm³/mol. The third-order valence-corrected chi connectivity index (χ3v) is 7.36. The summed E-state index contributed by atoms with van der Waals surface area (Å²) in [5.41, 5.74) is 1.55. The summed E-state index contributed by atoms with van der Waals surface area (Å²) in [4.78, 5) is 21.1. The number of rotatable bonds is 9. The van der Waals surface area contributed by atoms with Crippen LogP contribution < -0.4 is 4.74 Å². The van der Waals surface area contributed by atoms with E-state index in [9.17, 15) is 23.1 Å². The van der Waals surface area contributed by atoms with Gasteiger partial charge >= 0.3 is 18.2 Å². The first-order valence-corrected chi connectivity index (χ1v) is 12.3. The Morgan fingerprint density at radius 2 is 1.46 bits per heavy atom. The van der Waals surface area contributed by atoms with E-state index in [0.29, 0.717) is 22.6 Å². The highest BCUT2D eigenvalue weighted by atomic mass is 32.2. The van der Waals surface area contributed by atoms with Gasteiger partial charge in [-0.1, -0.05) is 72.8 Å². The van der Waals surface area contributed by atoms with E-state index in [0.717, 1.165) is 17.7 Å². The van der Waals surface area contributed by atoms with Crippen molar-refractivity contribution in [1.29, 1.82) is 0 Å². The van der Waals surface area contributed by atoms with E-state index in [1.807, 2.05) is 30.3 Å². The fourth-order valence-electron chi connectivity index (χ4n) is 3.97. The number of aromatic nitrogens is 2. The molecule has 0 saturated carbocycles. The summed E-state index contributed by atoms with van der Waals surface area (Å²) in [6.45, 7) is 1.72. The number of ether oxygens (including phenoxy) is 1. The molecule has 1 N–H and O–H groups in total. The highest BCUT2D eigenvalue weighted by Crippen LogP contribution is 2.49. The van der Waals surface area contributed by atoms with E-state index in [-0.39, 0.29) is 6.01 Å². The molecule has 9 heteroatoms. The number of carbonyl (C=O) groups is 1. The van der Waals surface area contributed by atoms with Crippen molar-refractivity contribution in [2.75, 3.05) is 0 Å². The molecule has 0 aliphatic rings. The third kappa shape index (κ3) is 5.94. The largest absolute Gasteiger partial charge is 0.478 e. The topological polar surface area (TPSA) is 72.3 Å². The second kappa shape index (κ2) is 11.0. The molecule has 0 spiro atoms. The molecule has 4 aromatic rings. The van der Waals surface area contributed by atoms with Crippen LogP contribution in [0.3, 0.4) is 0 Å². The number of hydrogen-bond donors (Lipinski definition) is 1. The van der Waals surface area contributed by atoms with Crippen molar-refractivity contribution in [1.82, 2.24) is 9.97 Å². The first kappa shape index (κ1) is 26.2. The van der Waals surface area contributed by atoms with E-state index < -0.39 is 28.6 Å². The Balaban J connectivity index is 1.92. The van der Waals surface area contributed by atoms with Crippen LogP contribution in [0.25, 0.3) is 0 Å². The van der Waals surface area contributed by atoms with Gasteiger partial charge in [0.05, 0.1) is 5.56 Å². The molecule has 5 nitrogen and oxygen atoms in total. The van der Waals surface area contributed by atoms with Gasteiger partial charge in [-0.2, -0.15) is 13.2 Å². The van der Waals surface area contributed by atoms with E-state index >= 15 is 0 Å². The van der Waals surface area contributed by atoms with E-state index in [2.05, 4.69) is 9.97 Å². The minimum Gasteiger partial charge on any atom is -0.478 e. The second-order valence-electron chi connectivity index (χ2n) is 8.27. The molecular weight excluding hydrogens is 501 g/mol. The summed E-state index contributed by atoms with van der Waals surface area (Å²) in [7, 11) is 0. The lowest BCUT2D eigenvalue weighted by molar-refractivity contribution is -0.146. The zero-order valence-corrected chi connectivity index (χ0v) is 20.5. The average molecular weight is 525 g/mol. The van der Waals surface area contributed by atoms with Gasteiger partial charge in [0.25, 0.3) is 0 Å². The fourth-order valence-corrected chi connectivity index (χ4v) is 5.46. The number of nitrogens with zero attached hydrogens (tertiary/aromatic N) is 2. The number of carboxylic acids is 1. The fraction of sp³-hybridized carbons (Fsp3) is 0.179. The first-order valence-electron chi connectivity index (χ1n) is 11.3. The molecule has 1 heterocycles. The molecule has 0 bridgehead atoms. The van der Waals surface area contributed by atoms with Gasteiger partial charge in [0.1, 0.15) is 4.75 Å². The predicted octanol–water partition coefficient (Wildman–Crippen LogP) is 6.51. The quantitative estimate of drug-likeness (QED) is 0.269. The molecule has 0 aliphatic carbocycles. The van der Waals surface area contributed by atoms with Gasteiger partial charge in [-0.25, -0.2) is 14.8 Å². The molecular formula is C28H23F3N2O3S. The number of carboxylic acid groups (broad SMARTS) is 1. The first-order chi connectivity index (χ1) is 17.7. The number of benzene rings is 3. The summed E-state index contributed by atoms with van der Waals surface area (Å²) < 4.78 is 44.6. The number of thioether (sulfide) groups is 1. The summed E-state index contributed by atoms with van der Waals surface area (Å²) in [5.74, 6) is -0.951. The van der Waals surface area contributed by atoms with Crippen LogP contribution >= 0.6 is 11.8 Å². The Morgan fingerprint density at radius 1 is 0.892 bits per heavy atom. The number of aliphatic carboxylic acids is 1. The molecule has 0 amide bonds. The number of alkyl halides is 3. The molecule has 0 radical (unpaired) electrons. The molecule has 2 atom stereocenters. The normalized spacial score (nSPS) is 13.9. The zero-order valence-electron chi connectivity index (χ0n) is 19.7. The molecule has 0 saturated heterocycles. The van der Waals surface area contributed by atoms with Crippen molar-refractivity contribution in [3.05, 3.63) is 125 Å². The minimum atomic E-state index is -4.54. The maximum Gasteiger partial charge on any atom is 0.416 e. The highest BCUT2D eigenvalue weighted by molar-refractivity contribution is 7.99. The smallest absolute Gasteiger partial charge is 0.416 e. The number of aryl methyl sites for hydroxylation is 1. The Labute approximate surface area is 216 Å². The van der Waals surface area contributed by atoms with Crippen LogP contribution in [0.15, 0.2) is 97.2 Å². The van der Waals surface area contributed by atoms with Crippen LogP contribution in [0, 0.1) is 6.92 Å². The summed E-state index contributed by atoms with van der Waals surface area (Å²) in [6.07, 6.45) is -4.67. The van der Waals surface area contributed by atoms with E-state index in [1.165, 1.54) is 30.1 Å². The van der Waals surface area contributed by atoms with Gasteiger partial charge in [-0.15, -0.1) is 11.8 Å². The van der Waals surface area contributed by atoms with Crippen molar-refractivity contribution < 1.29 is 27.8 Å². The summed E-state index contributed by atoms with van der Waals surface area (Å²) in [6, 6.07) is 24.2. The van der Waals surface area contributed by atoms with Gasteiger partial charge in [0.2, 0.25) is 6.10 Å². The van der Waals surface area contributed by atoms with Gasteiger partial charge in [0.15, 0.2) is 0 Å². The monoisotopic (exact) mass is 524 g/mol. The average Bonchev–Trinajstić information content (AvgIpc) is 2.89. The lowest BCUT2D eigenvalue weighted by Gasteiger charge is -2.38.